The smallest absolute Gasteiger partial charge is 0.264 e. The summed E-state index contributed by atoms with van der Waals surface area (Å²) in [5.41, 5.74) is 1.23. The normalized spacial score (nSPS) is 12.0. The Morgan fingerprint density at radius 3 is 2.05 bits per heavy atom. The molecule has 8 nitrogen and oxygen atoms in total. The van der Waals surface area contributed by atoms with Crippen LogP contribution in [0.2, 0.25) is 0 Å². The molecule has 0 spiro atoms. The van der Waals surface area contributed by atoms with Crippen LogP contribution in [0.25, 0.3) is 0 Å². The number of para-hydroxylation sites is 2. The molecule has 0 saturated heterocycles. The molecule has 1 unspecified atom stereocenters. The van der Waals surface area contributed by atoms with Gasteiger partial charge < -0.3 is 15.0 Å². The van der Waals surface area contributed by atoms with E-state index in [0.29, 0.717) is 12.2 Å². The van der Waals surface area contributed by atoms with E-state index in [1.54, 1.807) is 49.4 Å². The SMILES string of the molecule is COc1ccccc1N(CC(=O)N(CCc1ccccc1)C(C)C(=O)NC(C)C)S(=O)(=O)c1ccccc1. The van der Waals surface area contributed by atoms with Crippen molar-refractivity contribution in [3.63, 3.8) is 0 Å². The number of methoxy groups -OCH3 is 1. The Balaban J connectivity index is 2.00. The Bertz CT molecular complexity index is 1310. The van der Waals surface area contributed by atoms with Crippen LogP contribution >= 0.6 is 0 Å². The standard InChI is InChI=1S/C29H35N3O5S/c1-22(2)30-29(34)23(3)31(20-19-24-13-7-5-8-14-24)28(33)21-32(26-17-11-12-18-27(26)37-4)38(35,36)25-15-9-6-10-16-25/h5-18,22-23H,19-21H2,1-4H3,(H,30,34). The van der Waals surface area contributed by atoms with Crippen LogP contribution in [0, 0.1) is 0 Å². The molecule has 38 heavy (non-hydrogen) atoms. The molecule has 202 valence electrons. The van der Waals surface area contributed by atoms with Crippen LogP contribution < -0.4 is 14.4 Å². The second-order valence-corrected chi connectivity index (χ2v) is 11.0. The van der Waals surface area contributed by atoms with Gasteiger partial charge in [-0.3, -0.25) is 13.9 Å². The van der Waals surface area contributed by atoms with Crippen LogP contribution in [0.5, 0.6) is 5.75 Å². The summed E-state index contributed by atoms with van der Waals surface area (Å²) in [7, 11) is -2.70. The number of amides is 2. The lowest BCUT2D eigenvalue weighted by atomic mass is 10.1. The third-order valence-electron chi connectivity index (χ3n) is 6.05. The van der Waals surface area contributed by atoms with Crippen molar-refractivity contribution in [2.45, 2.75) is 44.2 Å². The molecule has 0 aliphatic carbocycles. The van der Waals surface area contributed by atoms with E-state index >= 15 is 0 Å². The maximum absolute atomic E-state index is 13.9. The molecule has 3 rings (SSSR count). The summed E-state index contributed by atoms with van der Waals surface area (Å²) in [6.07, 6.45) is 0.506. The Hall–Kier alpha value is -3.85. The minimum absolute atomic E-state index is 0.0418. The van der Waals surface area contributed by atoms with Gasteiger partial charge in [0.2, 0.25) is 11.8 Å². The quantitative estimate of drug-likeness (QED) is 0.378. The first kappa shape index (κ1) is 28.7. The van der Waals surface area contributed by atoms with Crippen molar-refractivity contribution in [1.82, 2.24) is 10.2 Å². The fourth-order valence-electron chi connectivity index (χ4n) is 4.04. The van der Waals surface area contributed by atoms with Gasteiger partial charge in [-0.25, -0.2) is 8.42 Å². The van der Waals surface area contributed by atoms with Crippen molar-refractivity contribution >= 4 is 27.5 Å². The van der Waals surface area contributed by atoms with E-state index in [1.807, 2.05) is 44.2 Å². The average Bonchev–Trinajstić information content (AvgIpc) is 2.92. The van der Waals surface area contributed by atoms with E-state index in [9.17, 15) is 18.0 Å². The Morgan fingerprint density at radius 2 is 1.45 bits per heavy atom. The minimum atomic E-state index is -4.14. The Kier molecular flexibility index (Phi) is 9.90. The number of carbonyl (C=O) groups is 2. The molecule has 0 heterocycles. The predicted molar refractivity (Wildman–Crippen MR) is 149 cm³/mol. The molecule has 0 bridgehead atoms. The molecule has 3 aromatic rings. The van der Waals surface area contributed by atoms with Crippen LogP contribution in [0.3, 0.4) is 0 Å². The van der Waals surface area contributed by atoms with Gasteiger partial charge in [-0.05, 0) is 57.0 Å². The zero-order valence-electron chi connectivity index (χ0n) is 22.2. The molecular weight excluding hydrogens is 502 g/mol. The molecule has 0 radical (unpaired) electrons. The lowest BCUT2D eigenvalue weighted by molar-refractivity contribution is -0.139. The zero-order chi connectivity index (χ0) is 27.7. The van der Waals surface area contributed by atoms with Crippen LogP contribution in [-0.2, 0) is 26.0 Å². The summed E-state index contributed by atoms with van der Waals surface area (Å²) < 4.78 is 34.1. The maximum atomic E-state index is 13.9. The van der Waals surface area contributed by atoms with Crippen molar-refractivity contribution in [3.8, 4) is 5.75 Å². The van der Waals surface area contributed by atoms with Gasteiger partial charge >= 0.3 is 0 Å². The number of carbonyl (C=O) groups excluding carboxylic acids is 2. The average molecular weight is 538 g/mol. The number of hydrogen-bond acceptors (Lipinski definition) is 5. The third kappa shape index (κ3) is 7.13. The number of sulfonamides is 1. The summed E-state index contributed by atoms with van der Waals surface area (Å²) in [6, 6.07) is 23.3. The highest BCUT2D eigenvalue weighted by atomic mass is 32.2. The van der Waals surface area contributed by atoms with Gasteiger partial charge in [0.05, 0.1) is 17.7 Å². The molecule has 1 N–H and O–H groups in total. The highest BCUT2D eigenvalue weighted by Crippen LogP contribution is 2.32. The summed E-state index contributed by atoms with van der Waals surface area (Å²) in [5, 5.41) is 2.85. The minimum Gasteiger partial charge on any atom is -0.495 e. The Labute approximate surface area is 225 Å². The van der Waals surface area contributed by atoms with Crippen molar-refractivity contribution in [2.75, 3.05) is 24.5 Å². The topological polar surface area (TPSA) is 96.0 Å². The van der Waals surface area contributed by atoms with Crippen molar-refractivity contribution < 1.29 is 22.7 Å². The summed E-state index contributed by atoms with van der Waals surface area (Å²) in [5.74, 6) is -0.504. The summed E-state index contributed by atoms with van der Waals surface area (Å²) in [4.78, 5) is 28.3. The molecule has 1 atom stereocenters. The van der Waals surface area contributed by atoms with E-state index in [-0.39, 0.29) is 29.1 Å². The Morgan fingerprint density at radius 1 is 0.868 bits per heavy atom. The van der Waals surface area contributed by atoms with Crippen LogP contribution in [0.1, 0.15) is 26.3 Å². The van der Waals surface area contributed by atoms with Gasteiger partial charge in [0, 0.05) is 12.6 Å². The fraction of sp³-hybridized carbons (Fsp3) is 0.310. The largest absolute Gasteiger partial charge is 0.495 e. The van der Waals surface area contributed by atoms with Gasteiger partial charge in [-0.2, -0.15) is 0 Å². The lowest BCUT2D eigenvalue weighted by Gasteiger charge is -2.32. The molecule has 0 saturated carbocycles. The summed E-state index contributed by atoms with van der Waals surface area (Å²) in [6.45, 7) is 5.07. The van der Waals surface area contributed by atoms with E-state index in [0.717, 1.165) is 9.87 Å². The number of rotatable bonds is 12. The van der Waals surface area contributed by atoms with E-state index < -0.39 is 28.5 Å². The first-order valence-corrected chi connectivity index (χ1v) is 13.9. The molecule has 0 aromatic heterocycles. The molecule has 0 aliphatic heterocycles. The molecule has 9 heteroatoms. The van der Waals surface area contributed by atoms with E-state index in [2.05, 4.69) is 5.32 Å². The highest BCUT2D eigenvalue weighted by Gasteiger charge is 2.33. The number of nitrogens with one attached hydrogen (secondary N) is 1. The zero-order valence-corrected chi connectivity index (χ0v) is 23.0. The lowest BCUT2D eigenvalue weighted by Crippen LogP contribution is -2.53. The monoisotopic (exact) mass is 537 g/mol. The van der Waals surface area contributed by atoms with Gasteiger partial charge in [0.25, 0.3) is 10.0 Å². The van der Waals surface area contributed by atoms with E-state index in [1.165, 1.54) is 24.1 Å². The summed E-state index contributed by atoms with van der Waals surface area (Å²) >= 11 is 0. The second-order valence-electron chi connectivity index (χ2n) is 9.16. The van der Waals surface area contributed by atoms with Gasteiger partial charge in [-0.1, -0.05) is 60.7 Å². The maximum Gasteiger partial charge on any atom is 0.264 e. The van der Waals surface area contributed by atoms with Crippen LogP contribution in [-0.4, -0.2) is 57.4 Å². The highest BCUT2D eigenvalue weighted by molar-refractivity contribution is 7.92. The molecular formula is C29H35N3O5S. The first-order chi connectivity index (χ1) is 18.1. The number of nitrogens with zero attached hydrogens (tertiary/aromatic N) is 2. The molecule has 0 fully saturated rings. The number of ether oxygens (including phenoxy) is 1. The number of hydrogen-bond donors (Lipinski definition) is 1. The van der Waals surface area contributed by atoms with Crippen LogP contribution in [0.4, 0.5) is 5.69 Å². The number of benzene rings is 3. The first-order valence-electron chi connectivity index (χ1n) is 12.5. The van der Waals surface area contributed by atoms with E-state index in [4.69, 9.17) is 4.74 Å². The van der Waals surface area contributed by atoms with Gasteiger partial charge in [0.1, 0.15) is 18.3 Å². The number of anilines is 1. The molecule has 2 amide bonds. The predicted octanol–water partition coefficient (Wildman–Crippen LogP) is 3.87. The second kappa shape index (κ2) is 13.1. The van der Waals surface area contributed by atoms with Crippen molar-refractivity contribution in [1.29, 1.82) is 0 Å². The van der Waals surface area contributed by atoms with Gasteiger partial charge in [-0.15, -0.1) is 0 Å². The molecule has 3 aromatic carbocycles. The fourth-order valence-corrected chi connectivity index (χ4v) is 5.49. The van der Waals surface area contributed by atoms with Crippen LogP contribution in [0.15, 0.2) is 89.8 Å². The van der Waals surface area contributed by atoms with Crippen molar-refractivity contribution in [3.05, 3.63) is 90.5 Å². The molecule has 0 aliphatic rings. The third-order valence-corrected chi connectivity index (χ3v) is 7.82. The van der Waals surface area contributed by atoms with Crippen molar-refractivity contribution in [2.24, 2.45) is 0 Å². The van der Waals surface area contributed by atoms with Gasteiger partial charge in [0.15, 0.2) is 0 Å².